The fourth-order valence-electron chi connectivity index (χ4n) is 5.30. The number of piperidine rings is 1. The van der Waals surface area contributed by atoms with Gasteiger partial charge in [-0.1, -0.05) is 48.1 Å². The molecule has 0 N–H and O–H groups in total. The van der Waals surface area contributed by atoms with E-state index in [1.807, 2.05) is 43.9 Å². The van der Waals surface area contributed by atoms with E-state index in [4.69, 9.17) is 19.0 Å². The molecule has 3 fully saturated rings. The van der Waals surface area contributed by atoms with Crippen molar-refractivity contribution in [2.75, 3.05) is 26.2 Å². The van der Waals surface area contributed by atoms with Crippen molar-refractivity contribution in [1.29, 1.82) is 0 Å². The van der Waals surface area contributed by atoms with Crippen LogP contribution in [0.5, 0.6) is 0 Å². The summed E-state index contributed by atoms with van der Waals surface area (Å²) in [7, 11) is 0. The summed E-state index contributed by atoms with van der Waals surface area (Å²) in [5.74, 6) is 1.69. The zero-order valence-electron chi connectivity index (χ0n) is 22.6. The number of likely N-dealkylation sites (tertiary alicyclic amines) is 1. The van der Waals surface area contributed by atoms with Gasteiger partial charge in [-0.3, -0.25) is 0 Å². The molecule has 3 aliphatic rings. The van der Waals surface area contributed by atoms with Gasteiger partial charge in [0.05, 0.1) is 5.41 Å². The second kappa shape index (κ2) is 10.4. The molecule has 0 bridgehead atoms. The molecule has 38 heavy (non-hydrogen) atoms. The Labute approximate surface area is 224 Å². The fourth-order valence-corrected chi connectivity index (χ4v) is 5.30. The molecular weight excluding hydrogens is 484 g/mol. The standard InChI is InChI=1S/C29H38N4O5/c1-5-17-36-27(35)33(23-18-22(23)20-9-7-6-8-10-20)19-29(13-14-29)25-30-24(38-31-25)21-11-15-32(16-12-21)26(34)37-28(2,3)4/h5-10,21-23H,1,11-19H2,2-4H3/t22-,23+/m1/s1. The Morgan fingerprint density at radius 3 is 2.55 bits per heavy atom. The molecular formula is C29H38N4O5. The van der Waals surface area contributed by atoms with Gasteiger partial charge in [0.1, 0.15) is 12.2 Å². The van der Waals surface area contributed by atoms with Crippen LogP contribution in [0.4, 0.5) is 9.59 Å². The molecule has 204 valence electrons. The molecule has 9 heteroatoms. The lowest BCUT2D eigenvalue weighted by molar-refractivity contribution is 0.0198. The Bertz CT molecular complexity index is 1150. The summed E-state index contributed by atoms with van der Waals surface area (Å²) >= 11 is 0. The topological polar surface area (TPSA) is 98.0 Å². The maximum atomic E-state index is 13.1. The van der Waals surface area contributed by atoms with Crippen LogP contribution in [0, 0.1) is 0 Å². The third kappa shape index (κ3) is 5.87. The molecule has 2 atom stereocenters. The minimum absolute atomic E-state index is 0.0933. The third-order valence-electron chi connectivity index (χ3n) is 7.68. The largest absolute Gasteiger partial charge is 0.445 e. The van der Waals surface area contributed by atoms with Crippen LogP contribution in [0.3, 0.4) is 0 Å². The van der Waals surface area contributed by atoms with E-state index in [0.29, 0.717) is 37.3 Å². The number of aromatic nitrogens is 2. The molecule has 0 radical (unpaired) electrons. The van der Waals surface area contributed by atoms with E-state index in [1.54, 1.807) is 11.0 Å². The number of nitrogens with zero attached hydrogens (tertiary/aromatic N) is 4. The average molecular weight is 523 g/mol. The van der Waals surface area contributed by atoms with Crippen LogP contribution in [0.15, 0.2) is 47.5 Å². The number of carbonyl (C=O) groups is 2. The first-order valence-corrected chi connectivity index (χ1v) is 13.6. The molecule has 0 unspecified atom stereocenters. The molecule has 2 saturated carbocycles. The lowest BCUT2D eigenvalue weighted by Crippen LogP contribution is -2.41. The van der Waals surface area contributed by atoms with Crippen molar-refractivity contribution in [1.82, 2.24) is 19.9 Å². The van der Waals surface area contributed by atoms with Crippen LogP contribution in [0.25, 0.3) is 0 Å². The molecule has 9 nitrogen and oxygen atoms in total. The molecule has 2 aromatic rings. The first-order chi connectivity index (χ1) is 18.2. The van der Waals surface area contributed by atoms with Gasteiger partial charge in [-0.2, -0.15) is 4.98 Å². The minimum Gasteiger partial charge on any atom is -0.445 e. The lowest BCUT2D eigenvalue weighted by atomic mass is 9.97. The number of rotatable bonds is 8. The van der Waals surface area contributed by atoms with E-state index in [0.717, 1.165) is 32.1 Å². The molecule has 0 spiro atoms. The van der Waals surface area contributed by atoms with Crippen molar-refractivity contribution < 1.29 is 23.6 Å². The highest BCUT2D eigenvalue weighted by Gasteiger charge is 2.55. The first kappa shape index (κ1) is 26.3. The SMILES string of the molecule is C=CCOC(=O)N(CC1(c2noc(C3CCN(C(=O)OC(C)(C)C)CC3)n2)CC1)[C@H]1C[C@@H]1c1ccccc1. The van der Waals surface area contributed by atoms with Gasteiger partial charge in [0.15, 0.2) is 5.82 Å². The van der Waals surface area contributed by atoms with E-state index >= 15 is 0 Å². The van der Waals surface area contributed by atoms with Crippen molar-refractivity contribution in [2.24, 2.45) is 0 Å². The van der Waals surface area contributed by atoms with Gasteiger partial charge in [0, 0.05) is 37.5 Å². The van der Waals surface area contributed by atoms with Crippen LogP contribution in [0.2, 0.25) is 0 Å². The zero-order chi connectivity index (χ0) is 26.9. The summed E-state index contributed by atoms with van der Waals surface area (Å²) in [6.45, 7) is 11.2. The maximum Gasteiger partial charge on any atom is 0.410 e. The van der Waals surface area contributed by atoms with Gasteiger partial charge >= 0.3 is 12.2 Å². The fraction of sp³-hybridized carbons (Fsp3) is 0.586. The number of hydrogen-bond donors (Lipinski definition) is 0. The summed E-state index contributed by atoms with van der Waals surface area (Å²) in [5, 5.41) is 4.37. The van der Waals surface area contributed by atoms with Gasteiger partial charge in [-0.25, -0.2) is 9.59 Å². The number of amides is 2. The molecule has 1 aromatic heterocycles. The number of carbonyl (C=O) groups excluding carboxylic acids is 2. The highest BCUT2D eigenvalue weighted by atomic mass is 16.6. The van der Waals surface area contributed by atoms with Crippen molar-refractivity contribution in [2.45, 2.75) is 81.8 Å². The molecule has 2 amide bonds. The molecule has 2 heterocycles. The summed E-state index contributed by atoms with van der Waals surface area (Å²) in [6, 6.07) is 10.4. The predicted octanol–water partition coefficient (Wildman–Crippen LogP) is 5.40. The average Bonchev–Trinajstić information content (AvgIpc) is 3.82. The van der Waals surface area contributed by atoms with Gasteiger partial charge in [0.25, 0.3) is 0 Å². The van der Waals surface area contributed by atoms with E-state index < -0.39 is 5.60 Å². The van der Waals surface area contributed by atoms with Crippen LogP contribution in [0.1, 0.15) is 82.0 Å². The van der Waals surface area contributed by atoms with Crippen LogP contribution >= 0.6 is 0 Å². The van der Waals surface area contributed by atoms with Crippen molar-refractivity contribution >= 4 is 12.2 Å². The van der Waals surface area contributed by atoms with E-state index in [9.17, 15) is 9.59 Å². The summed E-state index contributed by atoms with van der Waals surface area (Å²) in [5.41, 5.74) is 0.417. The molecule has 2 aliphatic carbocycles. The van der Waals surface area contributed by atoms with Crippen molar-refractivity contribution in [3.05, 3.63) is 60.3 Å². The Kier molecular flexibility index (Phi) is 7.20. The first-order valence-electron chi connectivity index (χ1n) is 13.6. The zero-order valence-corrected chi connectivity index (χ0v) is 22.6. The van der Waals surface area contributed by atoms with Crippen molar-refractivity contribution in [3.8, 4) is 0 Å². The molecule has 1 aromatic carbocycles. The van der Waals surface area contributed by atoms with Crippen molar-refractivity contribution in [3.63, 3.8) is 0 Å². The minimum atomic E-state index is -0.512. The van der Waals surface area contributed by atoms with E-state index in [-0.39, 0.29) is 36.2 Å². The van der Waals surface area contributed by atoms with Gasteiger partial charge in [0.2, 0.25) is 5.89 Å². The highest BCUT2D eigenvalue weighted by Crippen LogP contribution is 2.52. The van der Waals surface area contributed by atoms with Crippen LogP contribution in [-0.4, -0.2) is 70.0 Å². The Balaban J connectivity index is 1.23. The van der Waals surface area contributed by atoms with E-state index in [1.165, 1.54) is 5.56 Å². The molecule has 1 saturated heterocycles. The lowest BCUT2D eigenvalue weighted by Gasteiger charge is -2.32. The molecule has 5 rings (SSSR count). The number of ether oxygens (including phenoxy) is 2. The Hall–Kier alpha value is -3.36. The second-order valence-electron chi connectivity index (χ2n) is 11.8. The Morgan fingerprint density at radius 2 is 1.92 bits per heavy atom. The molecule has 1 aliphatic heterocycles. The monoisotopic (exact) mass is 522 g/mol. The summed E-state index contributed by atoms with van der Waals surface area (Å²) in [4.78, 5) is 33.9. The Morgan fingerprint density at radius 1 is 1.21 bits per heavy atom. The van der Waals surface area contributed by atoms with Gasteiger partial charge in [-0.05, 0) is 58.4 Å². The maximum absolute atomic E-state index is 13.1. The van der Waals surface area contributed by atoms with Crippen LogP contribution in [-0.2, 0) is 14.9 Å². The number of hydrogen-bond acceptors (Lipinski definition) is 7. The van der Waals surface area contributed by atoms with E-state index in [2.05, 4.69) is 23.9 Å². The highest BCUT2D eigenvalue weighted by molar-refractivity contribution is 5.69. The van der Waals surface area contributed by atoms with Crippen LogP contribution < -0.4 is 0 Å². The second-order valence-corrected chi connectivity index (χ2v) is 11.8. The quantitative estimate of drug-likeness (QED) is 0.428. The summed E-state index contributed by atoms with van der Waals surface area (Å²) in [6.07, 6.45) is 5.19. The predicted molar refractivity (Wildman–Crippen MR) is 141 cm³/mol. The number of benzene rings is 1. The third-order valence-corrected chi connectivity index (χ3v) is 7.68. The normalized spacial score (nSPS) is 22.4. The smallest absolute Gasteiger partial charge is 0.410 e. The summed E-state index contributed by atoms with van der Waals surface area (Å²) < 4.78 is 16.7. The van der Waals surface area contributed by atoms with Gasteiger partial charge < -0.3 is 23.8 Å². The van der Waals surface area contributed by atoms with Gasteiger partial charge in [-0.15, -0.1) is 0 Å².